The maximum atomic E-state index is 13.7. The lowest BCUT2D eigenvalue weighted by molar-refractivity contribution is -0.138. The van der Waals surface area contributed by atoms with Gasteiger partial charge in [-0.25, -0.2) is 14.8 Å². The lowest BCUT2D eigenvalue weighted by Gasteiger charge is -2.39. The summed E-state index contributed by atoms with van der Waals surface area (Å²) in [5.41, 5.74) is -0.863. The molecule has 0 aliphatic carbocycles. The van der Waals surface area contributed by atoms with Crippen molar-refractivity contribution in [2.45, 2.75) is 50.6 Å². The molecule has 238 valence electrons. The van der Waals surface area contributed by atoms with Gasteiger partial charge in [0.1, 0.15) is 0 Å². The second kappa shape index (κ2) is 12.4. The van der Waals surface area contributed by atoms with E-state index in [0.717, 1.165) is 35.2 Å². The number of benzene rings is 2. The third-order valence-electron chi connectivity index (χ3n) is 7.86. The summed E-state index contributed by atoms with van der Waals surface area (Å²) in [7, 11) is 0. The lowest BCUT2D eigenvalue weighted by Crippen LogP contribution is -2.45. The first-order valence-electron chi connectivity index (χ1n) is 14.1. The predicted octanol–water partition coefficient (Wildman–Crippen LogP) is 6.63. The van der Waals surface area contributed by atoms with Gasteiger partial charge < -0.3 is 20.1 Å². The fraction of sp³-hybridized carbons (Fsp3) is 0.400. The molecule has 2 N–H and O–H groups in total. The van der Waals surface area contributed by atoms with E-state index in [-0.39, 0.29) is 41.2 Å². The molecule has 0 radical (unpaired) electrons. The van der Waals surface area contributed by atoms with Crippen molar-refractivity contribution >= 4 is 23.4 Å². The summed E-state index contributed by atoms with van der Waals surface area (Å²) in [6.45, 7) is 3.51. The molecular weight excluding hydrogens is 606 g/mol. The Morgan fingerprint density at radius 1 is 1.07 bits per heavy atom. The SMILES string of the molecule is CC[C@@H]1C[C@H](Nc2ncc(N3CCOCC3)c(Cc3cc(C#N)cc(C(F)(F)F)c3)n2)c2cc(C(F)(F)F)ccc2N1C(=O)O. The summed E-state index contributed by atoms with van der Waals surface area (Å²) in [4.78, 5) is 24.1. The monoisotopic (exact) mass is 634 g/mol. The van der Waals surface area contributed by atoms with Gasteiger partial charge >= 0.3 is 18.4 Å². The van der Waals surface area contributed by atoms with Gasteiger partial charge in [-0.3, -0.25) is 4.90 Å². The van der Waals surface area contributed by atoms with Gasteiger partial charge in [0.25, 0.3) is 0 Å². The summed E-state index contributed by atoms with van der Waals surface area (Å²) in [6.07, 6.45) is -8.78. The number of amides is 1. The Morgan fingerprint density at radius 2 is 1.78 bits per heavy atom. The zero-order valence-electron chi connectivity index (χ0n) is 23.9. The summed E-state index contributed by atoms with van der Waals surface area (Å²) < 4.78 is 87.2. The third kappa shape index (κ3) is 6.90. The van der Waals surface area contributed by atoms with E-state index in [4.69, 9.17) is 4.74 Å². The Bertz CT molecular complexity index is 1620. The van der Waals surface area contributed by atoms with Gasteiger partial charge in [0.05, 0.1) is 65.3 Å². The molecule has 1 amide bonds. The average molecular weight is 635 g/mol. The second-order valence-corrected chi connectivity index (χ2v) is 10.7. The molecule has 45 heavy (non-hydrogen) atoms. The number of hydrogen-bond donors (Lipinski definition) is 2. The molecule has 15 heteroatoms. The first-order valence-corrected chi connectivity index (χ1v) is 14.1. The van der Waals surface area contributed by atoms with Gasteiger partial charge in [0, 0.05) is 25.6 Å². The number of nitrogens with one attached hydrogen (secondary N) is 1. The van der Waals surface area contributed by atoms with Crippen LogP contribution in [0.15, 0.2) is 42.6 Å². The van der Waals surface area contributed by atoms with Crippen molar-refractivity contribution in [3.63, 3.8) is 0 Å². The minimum Gasteiger partial charge on any atom is -0.465 e. The Kier molecular flexibility index (Phi) is 8.79. The quantitative estimate of drug-likeness (QED) is 0.291. The van der Waals surface area contributed by atoms with Gasteiger partial charge in [-0.2, -0.15) is 31.6 Å². The molecule has 2 aromatic carbocycles. The molecule has 2 atom stereocenters. The number of aromatic nitrogens is 2. The van der Waals surface area contributed by atoms with Crippen LogP contribution in [0.3, 0.4) is 0 Å². The van der Waals surface area contributed by atoms with Crippen molar-refractivity contribution in [1.29, 1.82) is 5.26 Å². The van der Waals surface area contributed by atoms with Crippen LogP contribution in [0.5, 0.6) is 0 Å². The molecule has 1 fully saturated rings. The summed E-state index contributed by atoms with van der Waals surface area (Å²) in [6, 6.07) is 6.31. The molecule has 0 bridgehead atoms. The Hall–Kier alpha value is -4.58. The van der Waals surface area contributed by atoms with E-state index in [0.29, 0.717) is 44.1 Å². The molecule has 0 saturated carbocycles. The normalized spacial score (nSPS) is 18.7. The molecular formula is C30H28F6N6O3. The number of carbonyl (C=O) groups is 1. The highest BCUT2D eigenvalue weighted by molar-refractivity contribution is 5.89. The van der Waals surface area contributed by atoms with Crippen molar-refractivity contribution in [1.82, 2.24) is 9.97 Å². The summed E-state index contributed by atoms with van der Waals surface area (Å²) >= 11 is 0. The van der Waals surface area contributed by atoms with Crippen LogP contribution in [0.4, 0.5) is 48.5 Å². The van der Waals surface area contributed by atoms with Crippen molar-refractivity contribution < 1.29 is 41.0 Å². The van der Waals surface area contributed by atoms with Crippen LogP contribution in [-0.4, -0.2) is 53.5 Å². The number of alkyl halides is 6. The van der Waals surface area contributed by atoms with Crippen LogP contribution in [0.25, 0.3) is 0 Å². The van der Waals surface area contributed by atoms with Crippen LogP contribution >= 0.6 is 0 Å². The van der Waals surface area contributed by atoms with Gasteiger partial charge in [0.2, 0.25) is 5.95 Å². The van der Waals surface area contributed by atoms with Crippen LogP contribution in [0.2, 0.25) is 0 Å². The number of ether oxygens (including phenoxy) is 1. The number of fused-ring (bicyclic) bond motifs is 1. The van der Waals surface area contributed by atoms with E-state index >= 15 is 0 Å². The average Bonchev–Trinajstić information content (AvgIpc) is 3.00. The number of morpholine rings is 1. The van der Waals surface area contributed by atoms with Crippen molar-refractivity contribution in [3.8, 4) is 6.07 Å². The van der Waals surface area contributed by atoms with Crippen LogP contribution in [0, 0.1) is 11.3 Å². The highest BCUT2D eigenvalue weighted by Gasteiger charge is 2.39. The van der Waals surface area contributed by atoms with E-state index in [9.17, 15) is 41.5 Å². The van der Waals surface area contributed by atoms with Crippen molar-refractivity contribution in [2.75, 3.05) is 41.4 Å². The first kappa shape index (κ1) is 31.8. The maximum Gasteiger partial charge on any atom is 0.416 e. The Balaban J connectivity index is 1.56. The Morgan fingerprint density at radius 3 is 2.40 bits per heavy atom. The molecule has 3 heterocycles. The topological polar surface area (TPSA) is 115 Å². The highest BCUT2D eigenvalue weighted by Crippen LogP contribution is 2.43. The van der Waals surface area contributed by atoms with Crippen molar-refractivity contribution in [3.05, 3.63) is 76.1 Å². The molecule has 5 rings (SSSR count). The van der Waals surface area contributed by atoms with E-state index in [1.807, 2.05) is 4.90 Å². The number of carboxylic acid groups (broad SMARTS) is 1. The maximum absolute atomic E-state index is 13.7. The van der Waals surface area contributed by atoms with E-state index in [1.165, 1.54) is 12.3 Å². The molecule has 0 unspecified atom stereocenters. The van der Waals surface area contributed by atoms with E-state index in [1.54, 1.807) is 13.0 Å². The molecule has 2 aliphatic heterocycles. The van der Waals surface area contributed by atoms with Gasteiger partial charge in [-0.05, 0) is 60.4 Å². The lowest BCUT2D eigenvalue weighted by atomic mass is 9.89. The number of nitriles is 1. The zero-order chi connectivity index (χ0) is 32.5. The molecule has 1 saturated heterocycles. The van der Waals surface area contributed by atoms with Gasteiger partial charge in [-0.1, -0.05) is 6.92 Å². The molecule has 3 aromatic rings. The number of nitrogens with zero attached hydrogens (tertiary/aromatic N) is 5. The minimum atomic E-state index is -4.68. The van der Waals surface area contributed by atoms with Crippen LogP contribution in [-0.2, 0) is 23.5 Å². The van der Waals surface area contributed by atoms with E-state index < -0.39 is 41.7 Å². The third-order valence-corrected chi connectivity index (χ3v) is 7.86. The van der Waals surface area contributed by atoms with Crippen LogP contribution in [0.1, 0.15) is 59.3 Å². The standard InChI is InChI=1S/C30H28F6N6O3/c1-2-21-14-23(22-13-19(29(31,32)33)3-4-25(22)42(21)28(43)44)39-27-38-16-26(41-5-7-45-8-6-41)24(40-27)12-17-9-18(15-37)11-20(10-17)30(34,35)36/h3-4,9-11,13,16,21,23H,2,5-8,12,14H2,1H3,(H,43,44)(H,38,39,40)/t21-,23+/m1/s1. The smallest absolute Gasteiger partial charge is 0.416 e. The summed E-state index contributed by atoms with van der Waals surface area (Å²) in [5, 5.41) is 22.3. The zero-order valence-corrected chi connectivity index (χ0v) is 23.9. The Labute approximate surface area is 254 Å². The number of hydrogen-bond acceptors (Lipinski definition) is 7. The second-order valence-electron chi connectivity index (χ2n) is 10.7. The first-order chi connectivity index (χ1) is 21.3. The van der Waals surface area contributed by atoms with E-state index in [2.05, 4.69) is 15.3 Å². The fourth-order valence-electron chi connectivity index (χ4n) is 5.73. The molecule has 1 aromatic heterocycles. The highest BCUT2D eigenvalue weighted by atomic mass is 19.4. The number of rotatable bonds is 6. The minimum absolute atomic E-state index is 0.00137. The number of halogens is 6. The fourth-order valence-corrected chi connectivity index (χ4v) is 5.73. The molecule has 9 nitrogen and oxygen atoms in total. The van der Waals surface area contributed by atoms with Crippen LogP contribution < -0.4 is 15.1 Å². The number of anilines is 3. The molecule has 2 aliphatic rings. The van der Waals surface area contributed by atoms with Gasteiger partial charge in [-0.15, -0.1) is 0 Å². The van der Waals surface area contributed by atoms with Gasteiger partial charge in [0.15, 0.2) is 0 Å². The predicted molar refractivity (Wildman–Crippen MR) is 151 cm³/mol. The van der Waals surface area contributed by atoms with Crippen molar-refractivity contribution in [2.24, 2.45) is 0 Å². The molecule has 0 spiro atoms. The largest absolute Gasteiger partial charge is 0.465 e. The summed E-state index contributed by atoms with van der Waals surface area (Å²) in [5.74, 6) is 0.00137.